The molecule has 0 aliphatic rings. The second kappa shape index (κ2) is 5.07. The monoisotopic (exact) mass is 228 g/mol. The van der Waals surface area contributed by atoms with E-state index in [1.165, 1.54) is 5.56 Å². The first-order chi connectivity index (χ1) is 7.03. The second-order valence-electron chi connectivity index (χ2n) is 4.39. The molecular weight excluding hydrogens is 208 g/mol. The van der Waals surface area contributed by atoms with Gasteiger partial charge in [-0.2, -0.15) is 11.3 Å². The van der Waals surface area contributed by atoms with Crippen LogP contribution in [-0.2, 0) is 0 Å². The number of hydrogen-bond donors (Lipinski definition) is 2. The molecule has 0 spiro atoms. The molecule has 3 N–H and O–H groups in total. The molecule has 1 heterocycles. The van der Waals surface area contributed by atoms with E-state index in [1.807, 2.05) is 20.9 Å². The van der Waals surface area contributed by atoms with Crippen LogP contribution in [0.25, 0.3) is 0 Å². The molecule has 1 aromatic rings. The Labute approximate surface area is 95.5 Å². The normalized spacial score (nSPS) is 14.5. The third kappa shape index (κ3) is 2.78. The van der Waals surface area contributed by atoms with Crippen molar-refractivity contribution in [2.45, 2.75) is 25.4 Å². The van der Waals surface area contributed by atoms with Crippen molar-refractivity contribution in [2.24, 2.45) is 5.73 Å². The van der Waals surface area contributed by atoms with Crippen molar-refractivity contribution in [3.05, 3.63) is 22.4 Å². The molecule has 0 aliphatic carbocycles. The lowest BCUT2D eigenvalue weighted by molar-refractivity contribution is 0.0471. The van der Waals surface area contributed by atoms with Gasteiger partial charge in [-0.3, -0.25) is 4.90 Å². The highest BCUT2D eigenvalue weighted by atomic mass is 32.1. The largest absolute Gasteiger partial charge is 0.394 e. The number of likely N-dealkylation sites (N-methyl/N-ethyl adjacent to an activating group) is 1. The molecule has 1 rings (SSSR count). The van der Waals surface area contributed by atoms with Crippen molar-refractivity contribution in [3.8, 4) is 0 Å². The number of hydrogen-bond acceptors (Lipinski definition) is 4. The molecule has 0 bridgehead atoms. The van der Waals surface area contributed by atoms with Gasteiger partial charge in [0.05, 0.1) is 6.61 Å². The maximum Gasteiger partial charge on any atom is 0.0610 e. The predicted molar refractivity (Wildman–Crippen MR) is 65.0 cm³/mol. The van der Waals surface area contributed by atoms with E-state index < -0.39 is 0 Å². The fourth-order valence-electron chi connectivity index (χ4n) is 1.52. The zero-order valence-electron chi connectivity index (χ0n) is 9.60. The van der Waals surface area contributed by atoms with E-state index in [0.29, 0.717) is 6.54 Å². The minimum Gasteiger partial charge on any atom is -0.394 e. The molecular formula is C11H20N2OS. The van der Waals surface area contributed by atoms with Crippen LogP contribution in [-0.4, -0.2) is 35.7 Å². The van der Waals surface area contributed by atoms with Crippen molar-refractivity contribution in [3.63, 3.8) is 0 Å². The molecule has 0 amide bonds. The summed E-state index contributed by atoms with van der Waals surface area (Å²) in [7, 11) is 2.01. The first-order valence-electron chi connectivity index (χ1n) is 5.09. The smallest absolute Gasteiger partial charge is 0.0610 e. The Morgan fingerprint density at radius 2 is 2.27 bits per heavy atom. The summed E-state index contributed by atoms with van der Waals surface area (Å²) in [5.41, 5.74) is 6.78. The Morgan fingerprint density at radius 3 is 2.67 bits per heavy atom. The molecule has 0 saturated carbocycles. The van der Waals surface area contributed by atoms with Gasteiger partial charge in [0.1, 0.15) is 0 Å². The standard InChI is InChI=1S/C11H20N2OS/c1-11(2,8-14)13(3)10(6-12)9-4-5-15-7-9/h4-5,7,10,14H,6,8,12H2,1-3H3. The lowest BCUT2D eigenvalue weighted by atomic mass is 9.99. The van der Waals surface area contributed by atoms with E-state index in [2.05, 4.69) is 21.7 Å². The summed E-state index contributed by atoms with van der Waals surface area (Å²) in [5.74, 6) is 0. The minimum absolute atomic E-state index is 0.129. The quantitative estimate of drug-likeness (QED) is 0.802. The summed E-state index contributed by atoms with van der Waals surface area (Å²) in [6.07, 6.45) is 0. The SMILES string of the molecule is CN(C(CN)c1ccsc1)C(C)(C)CO. The van der Waals surface area contributed by atoms with Gasteiger partial charge in [0.2, 0.25) is 0 Å². The van der Waals surface area contributed by atoms with E-state index in [0.717, 1.165) is 0 Å². The summed E-state index contributed by atoms with van der Waals surface area (Å²) >= 11 is 1.67. The van der Waals surface area contributed by atoms with Crippen molar-refractivity contribution in [1.82, 2.24) is 4.90 Å². The molecule has 86 valence electrons. The van der Waals surface area contributed by atoms with Crippen molar-refractivity contribution in [2.75, 3.05) is 20.2 Å². The lowest BCUT2D eigenvalue weighted by Crippen LogP contribution is -2.48. The van der Waals surface area contributed by atoms with Crippen LogP contribution in [0.4, 0.5) is 0 Å². The van der Waals surface area contributed by atoms with Gasteiger partial charge < -0.3 is 10.8 Å². The Morgan fingerprint density at radius 1 is 1.60 bits per heavy atom. The predicted octanol–water partition coefficient (Wildman–Crippen LogP) is 1.45. The van der Waals surface area contributed by atoms with Gasteiger partial charge in [-0.1, -0.05) is 0 Å². The highest BCUT2D eigenvalue weighted by Gasteiger charge is 2.29. The molecule has 4 heteroatoms. The van der Waals surface area contributed by atoms with Crippen LogP contribution in [0.2, 0.25) is 0 Å². The molecule has 1 aromatic heterocycles. The zero-order valence-corrected chi connectivity index (χ0v) is 10.4. The summed E-state index contributed by atoms with van der Waals surface area (Å²) in [4.78, 5) is 2.13. The average molecular weight is 228 g/mol. The van der Waals surface area contributed by atoms with Crippen molar-refractivity contribution >= 4 is 11.3 Å². The highest BCUT2D eigenvalue weighted by Crippen LogP contribution is 2.26. The summed E-state index contributed by atoms with van der Waals surface area (Å²) < 4.78 is 0. The van der Waals surface area contributed by atoms with Gasteiger partial charge in [-0.05, 0) is 43.3 Å². The van der Waals surface area contributed by atoms with Crippen molar-refractivity contribution in [1.29, 1.82) is 0 Å². The third-order valence-electron chi connectivity index (χ3n) is 2.96. The topological polar surface area (TPSA) is 49.5 Å². The minimum atomic E-state index is -0.244. The third-order valence-corrected chi connectivity index (χ3v) is 3.66. The molecule has 1 atom stereocenters. The Hall–Kier alpha value is -0.420. The number of aliphatic hydroxyl groups excluding tert-OH is 1. The molecule has 0 radical (unpaired) electrons. The first kappa shape index (κ1) is 12.6. The highest BCUT2D eigenvalue weighted by molar-refractivity contribution is 7.07. The van der Waals surface area contributed by atoms with E-state index in [-0.39, 0.29) is 18.2 Å². The number of nitrogens with two attached hydrogens (primary N) is 1. The van der Waals surface area contributed by atoms with E-state index in [1.54, 1.807) is 11.3 Å². The van der Waals surface area contributed by atoms with Gasteiger partial charge in [-0.25, -0.2) is 0 Å². The molecule has 3 nitrogen and oxygen atoms in total. The second-order valence-corrected chi connectivity index (χ2v) is 5.17. The van der Waals surface area contributed by atoms with Gasteiger partial charge in [0, 0.05) is 18.1 Å². The molecule has 0 aromatic carbocycles. The van der Waals surface area contributed by atoms with Crippen LogP contribution in [0.5, 0.6) is 0 Å². The Kier molecular flexibility index (Phi) is 4.28. The van der Waals surface area contributed by atoms with Crippen LogP contribution in [0, 0.1) is 0 Å². The lowest BCUT2D eigenvalue weighted by Gasteiger charge is -2.39. The molecule has 0 saturated heterocycles. The molecule has 0 aliphatic heterocycles. The number of rotatable bonds is 5. The summed E-state index contributed by atoms with van der Waals surface area (Å²) in [6.45, 7) is 4.73. The van der Waals surface area contributed by atoms with Gasteiger partial charge in [0.25, 0.3) is 0 Å². The van der Waals surface area contributed by atoms with Crippen molar-refractivity contribution < 1.29 is 5.11 Å². The van der Waals surface area contributed by atoms with Crippen LogP contribution < -0.4 is 5.73 Å². The molecule has 0 fully saturated rings. The first-order valence-corrected chi connectivity index (χ1v) is 6.03. The maximum absolute atomic E-state index is 9.33. The van der Waals surface area contributed by atoms with E-state index >= 15 is 0 Å². The average Bonchev–Trinajstić information content (AvgIpc) is 2.72. The number of nitrogens with zero attached hydrogens (tertiary/aromatic N) is 1. The Balaban J connectivity index is 2.84. The van der Waals surface area contributed by atoms with Gasteiger partial charge in [0.15, 0.2) is 0 Å². The van der Waals surface area contributed by atoms with Crippen LogP contribution >= 0.6 is 11.3 Å². The van der Waals surface area contributed by atoms with Gasteiger partial charge in [-0.15, -0.1) is 0 Å². The molecule has 15 heavy (non-hydrogen) atoms. The fourth-order valence-corrected chi connectivity index (χ4v) is 2.22. The van der Waals surface area contributed by atoms with Gasteiger partial charge >= 0.3 is 0 Å². The number of thiophene rings is 1. The summed E-state index contributed by atoms with van der Waals surface area (Å²) in [5, 5.41) is 13.5. The molecule has 1 unspecified atom stereocenters. The van der Waals surface area contributed by atoms with E-state index in [4.69, 9.17) is 5.73 Å². The Bertz CT molecular complexity index is 285. The zero-order chi connectivity index (χ0) is 11.5. The maximum atomic E-state index is 9.33. The number of aliphatic hydroxyl groups is 1. The summed E-state index contributed by atoms with van der Waals surface area (Å²) in [6, 6.07) is 2.27. The van der Waals surface area contributed by atoms with Crippen LogP contribution in [0.1, 0.15) is 25.5 Å². The van der Waals surface area contributed by atoms with Crippen LogP contribution in [0.15, 0.2) is 16.8 Å². The fraction of sp³-hybridized carbons (Fsp3) is 0.636. The van der Waals surface area contributed by atoms with Crippen LogP contribution in [0.3, 0.4) is 0 Å². The van der Waals surface area contributed by atoms with E-state index in [9.17, 15) is 5.11 Å².